The summed E-state index contributed by atoms with van der Waals surface area (Å²) in [6.07, 6.45) is 3.18. The lowest BCUT2D eigenvalue weighted by Gasteiger charge is -2.22. The Bertz CT molecular complexity index is 366. The molecule has 1 fully saturated rings. The van der Waals surface area contributed by atoms with Gasteiger partial charge in [-0.3, -0.25) is 4.79 Å². The standard InChI is InChI=1S/C11H18N4O2/c1-8-3-4-15(6-10-14-13-7-17-10)11(16)9(5-8)12-2/h7-9,12H,3-6H2,1-2H3. The van der Waals surface area contributed by atoms with Crippen LogP contribution in [0.5, 0.6) is 0 Å². The molecule has 6 nitrogen and oxygen atoms in total. The van der Waals surface area contributed by atoms with Gasteiger partial charge in [-0.05, 0) is 25.8 Å². The van der Waals surface area contributed by atoms with Crippen LogP contribution < -0.4 is 5.32 Å². The van der Waals surface area contributed by atoms with E-state index < -0.39 is 0 Å². The first-order valence-corrected chi connectivity index (χ1v) is 5.91. The predicted octanol–water partition coefficient (Wildman–Crippen LogP) is 0.416. The highest BCUT2D eigenvalue weighted by Gasteiger charge is 2.29. The topological polar surface area (TPSA) is 71.3 Å². The number of nitrogens with zero attached hydrogens (tertiary/aromatic N) is 3. The molecule has 94 valence electrons. The van der Waals surface area contributed by atoms with Gasteiger partial charge in [0.15, 0.2) is 0 Å². The molecule has 17 heavy (non-hydrogen) atoms. The molecule has 1 aromatic heterocycles. The van der Waals surface area contributed by atoms with Crippen molar-refractivity contribution in [3.8, 4) is 0 Å². The number of hydrogen-bond acceptors (Lipinski definition) is 5. The van der Waals surface area contributed by atoms with Crippen molar-refractivity contribution in [1.29, 1.82) is 0 Å². The minimum Gasteiger partial charge on any atom is -0.426 e. The van der Waals surface area contributed by atoms with E-state index in [2.05, 4.69) is 22.4 Å². The summed E-state index contributed by atoms with van der Waals surface area (Å²) in [5.41, 5.74) is 0. The quantitative estimate of drug-likeness (QED) is 0.826. The minimum atomic E-state index is -0.101. The molecule has 0 spiro atoms. The van der Waals surface area contributed by atoms with Crippen molar-refractivity contribution in [2.75, 3.05) is 13.6 Å². The highest BCUT2D eigenvalue weighted by Crippen LogP contribution is 2.19. The number of rotatable bonds is 3. The Hall–Kier alpha value is -1.43. The zero-order chi connectivity index (χ0) is 12.3. The fourth-order valence-corrected chi connectivity index (χ4v) is 2.15. The van der Waals surface area contributed by atoms with Crippen molar-refractivity contribution in [2.45, 2.75) is 32.4 Å². The summed E-state index contributed by atoms with van der Waals surface area (Å²) in [4.78, 5) is 14.0. The zero-order valence-corrected chi connectivity index (χ0v) is 10.2. The average Bonchev–Trinajstić information content (AvgIpc) is 2.78. The van der Waals surface area contributed by atoms with Crippen molar-refractivity contribution in [3.05, 3.63) is 12.3 Å². The molecule has 1 amide bonds. The Labute approximate surface area is 100 Å². The summed E-state index contributed by atoms with van der Waals surface area (Å²) in [5, 5.41) is 10.5. The first-order chi connectivity index (χ1) is 8.20. The van der Waals surface area contributed by atoms with Crippen LogP contribution in [0.15, 0.2) is 10.8 Å². The van der Waals surface area contributed by atoms with Gasteiger partial charge in [-0.2, -0.15) is 0 Å². The molecular weight excluding hydrogens is 220 g/mol. The number of aromatic nitrogens is 2. The van der Waals surface area contributed by atoms with Crippen molar-refractivity contribution in [3.63, 3.8) is 0 Å². The van der Waals surface area contributed by atoms with Crippen LogP contribution in [0.3, 0.4) is 0 Å². The Balaban J connectivity index is 2.07. The number of carbonyl (C=O) groups is 1. The number of hydrogen-bond donors (Lipinski definition) is 1. The fraction of sp³-hybridized carbons (Fsp3) is 0.727. The molecule has 0 saturated carbocycles. The highest BCUT2D eigenvalue weighted by molar-refractivity contribution is 5.82. The lowest BCUT2D eigenvalue weighted by atomic mass is 10.0. The van der Waals surface area contributed by atoms with E-state index >= 15 is 0 Å². The molecule has 1 aliphatic rings. The summed E-state index contributed by atoms with van der Waals surface area (Å²) in [7, 11) is 1.82. The van der Waals surface area contributed by atoms with Gasteiger partial charge in [0.25, 0.3) is 0 Å². The maximum absolute atomic E-state index is 12.2. The van der Waals surface area contributed by atoms with Crippen LogP contribution in [-0.2, 0) is 11.3 Å². The number of carbonyl (C=O) groups excluding carboxylic acids is 1. The second kappa shape index (κ2) is 5.27. The molecule has 1 aromatic rings. The molecule has 2 unspecified atom stereocenters. The van der Waals surface area contributed by atoms with Gasteiger partial charge in [-0.15, -0.1) is 10.2 Å². The third-order valence-corrected chi connectivity index (χ3v) is 3.22. The van der Waals surface area contributed by atoms with Gasteiger partial charge in [0, 0.05) is 6.54 Å². The lowest BCUT2D eigenvalue weighted by Crippen LogP contribution is -2.43. The summed E-state index contributed by atoms with van der Waals surface area (Å²) < 4.78 is 5.08. The van der Waals surface area contributed by atoms with Crippen molar-refractivity contribution in [2.24, 2.45) is 5.92 Å². The minimum absolute atomic E-state index is 0.101. The lowest BCUT2D eigenvalue weighted by molar-refractivity contribution is -0.133. The first-order valence-electron chi connectivity index (χ1n) is 5.91. The number of likely N-dealkylation sites (N-methyl/N-ethyl adjacent to an activating group) is 1. The molecule has 2 heterocycles. The average molecular weight is 238 g/mol. The molecule has 0 aliphatic carbocycles. The summed E-state index contributed by atoms with van der Waals surface area (Å²) in [6, 6.07) is -0.101. The Kier molecular flexibility index (Phi) is 3.73. The number of likely N-dealkylation sites (tertiary alicyclic amines) is 1. The van der Waals surface area contributed by atoms with Crippen LogP contribution >= 0.6 is 0 Å². The van der Waals surface area contributed by atoms with Gasteiger partial charge in [0.2, 0.25) is 18.2 Å². The SMILES string of the molecule is CNC1CC(C)CCN(Cc2nnco2)C1=O. The summed E-state index contributed by atoms with van der Waals surface area (Å²) in [5.74, 6) is 1.15. The first kappa shape index (κ1) is 12.0. The third-order valence-electron chi connectivity index (χ3n) is 3.22. The van der Waals surface area contributed by atoms with E-state index in [1.54, 1.807) is 4.90 Å². The molecule has 0 aromatic carbocycles. The maximum Gasteiger partial charge on any atom is 0.240 e. The fourth-order valence-electron chi connectivity index (χ4n) is 2.15. The molecule has 1 N–H and O–H groups in total. The normalized spacial score (nSPS) is 26.0. The van der Waals surface area contributed by atoms with E-state index in [1.165, 1.54) is 6.39 Å². The predicted molar refractivity (Wildman–Crippen MR) is 61.0 cm³/mol. The van der Waals surface area contributed by atoms with E-state index in [9.17, 15) is 4.79 Å². The second-order valence-corrected chi connectivity index (χ2v) is 4.56. The van der Waals surface area contributed by atoms with E-state index in [0.717, 1.165) is 19.4 Å². The zero-order valence-electron chi connectivity index (χ0n) is 10.2. The van der Waals surface area contributed by atoms with Crippen LogP contribution in [0.25, 0.3) is 0 Å². The molecule has 6 heteroatoms. The van der Waals surface area contributed by atoms with E-state index in [-0.39, 0.29) is 11.9 Å². The summed E-state index contributed by atoms with van der Waals surface area (Å²) >= 11 is 0. The highest BCUT2D eigenvalue weighted by atomic mass is 16.4. The van der Waals surface area contributed by atoms with E-state index in [4.69, 9.17) is 4.42 Å². The van der Waals surface area contributed by atoms with Gasteiger partial charge in [-0.1, -0.05) is 6.92 Å². The van der Waals surface area contributed by atoms with Crippen LogP contribution in [0.2, 0.25) is 0 Å². The van der Waals surface area contributed by atoms with Crippen molar-refractivity contribution in [1.82, 2.24) is 20.4 Å². The van der Waals surface area contributed by atoms with Crippen LogP contribution in [-0.4, -0.2) is 40.6 Å². The van der Waals surface area contributed by atoms with Gasteiger partial charge >= 0.3 is 0 Å². The Morgan fingerprint density at radius 2 is 2.47 bits per heavy atom. The molecule has 2 atom stereocenters. The van der Waals surface area contributed by atoms with E-state index in [0.29, 0.717) is 18.4 Å². The monoisotopic (exact) mass is 238 g/mol. The van der Waals surface area contributed by atoms with Crippen molar-refractivity contribution >= 4 is 5.91 Å². The van der Waals surface area contributed by atoms with Crippen LogP contribution in [0, 0.1) is 5.92 Å². The van der Waals surface area contributed by atoms with Gasteiger partial charge in [0.05, 0.1) is 12.6 Å². The van der Waals surface area contributed by atoms with E-state index in [1.807, 2.05) is 7.05 Å². The molecular formula is C11H18N4O2. The smallest absolute Gasteiger partial charge is 0.240 e. The van der Waals surface area contributed by atoms with Gasteiger partial charge in [-0.25, -0.2) is 0 Å². The van der Waals surface area contributed by atoms with Crippen LogP contribution in [0.1, 0.15) is 25.7 Å². The molecule has 1 aliphatic heterocycles. The maximum atomic E-state index is 12.2. The van der Waals surface area contributed by atoms with Crippen LogP contribution in [0.4, 0.5) is 0 Å². The van der Waals surface area contributed by atoms with Crippen molar-refractivity contribution < 1.29 is 9.21 Å². The van der Waals surface area contributed by atoms with Gasteiger partial charge < -0.3 is 14.6 Å². The Morgan fingerprint density at radius 1 is 1.65 bits per heavy atom. The molecule has 0 bridgehead atoms. The largest absolute Gasteiger partial charge is 0.426 e. The summed E-state index contributed by atoms with van der Waals surface area (Å²) in [6.45, 7) is 3.33. The second-order valence-electron chi connectivity index (χ2n) is 4.56. The number of nitrogens with one attached hydrogen (secondary N) is 1. The van der Waals surface area contributed by atoms with Gasteiger partial charge in [0.1, 0.15) is 0 Å². The Morgan fingerprint density at radius 3 is 3.12 bits per heavy atom. The molecule has 2 rings (SSSR count). The molecule has 0 radical (unpaired) electrons. The third kappa shape index (κ3) is 2.82. The number of amides is 1. The molecule has 1 saturated heterocycles.